The lowest BCUT2D eigenvalue weighted by Crippen LogP contribution is -2.27. The van der Waals surface area contributed by atoms with E-state index in [1.807, 2.05) is 25.1 Å². The van der Waals surface area contributed by atoms with Crippen molar-refractivity contribution in [3.05, 3.63) is 58.1 Å². The van der Waals surface area contributed by atoms with Gasteiger partial charge in [-0.2, -0.15) is 0 Å². The van der Waals surface area contributed by atoms with E-state index in [1.165, 1.54) is 0 Å². The molecule has 2 amide bonds. The van der Waals surface area contributed by atoms with Gasteiger partial charge in [0, 0.05) is 21.4 Å². The van der Waals surface area contributed by atoms with E-state index in [0.29, 0.717) is 16.9 Å². The number of benzene rings is 2. The summed E-state index contributed by atoms with van der Waals surface area (Å²) in [6.45, 7) is 7.31. The molecule has 0 fully saturated rings. The lowest BCUT2D eigenvalue weighted by Gasteiger charge is -2.19. The van der Waals surface area contributed by atoms with Crippen molar-refractivity contribution in [2.24, 2.45) is 0 Å². The number of aryl methyl sites for hydroxylation is 1. The summed E-state index contributed by atoms with van der Waals surface area (Å²) < 4.78 is 6.19. The minimum absolute atomic E-state index is 0.255. The zero-order valence-corrected chi connectivity index (χ0v) is 16.2. The smallest absolute Gasteiger partial charge is 0.412 e. The molecule has 2 rings (SSSR count). The first-order chi connectivity index (χ1) is 11.6. The van der Waals surface area contributed by atoms with Crippen molar-refractivity contribution in [1.29, 1.82) is 0 Å². The predicted octanol–water partition coefficient (Wildman–Crippen LogP) is 5.36. The van der Waals surface area contributed by atoms with Gasteiger partial charge in [-0.1, -0.05) is 22.0 Å². The fourth-order valence-electron chi connectivity index (χ4n) is 2.09. The molecule has 2 aromatic carbocycles. The summed E-state index contributed by atoms with van der Waals surface area (Å²) in [6.07, 6.45) is -0.561. The van der Waals surface area contributed by atoms with Gasteiger partial charge in [0.25, 0.3) is 5.91 Å². The third kappa shape index (κ3) is 5.90. The molecule has 0 saturated heterocycles. The summed E-state index contributed by atoms with van der Waals surface area (Å²) in [5, 5.41) is 5.47. The highest BCUT2D eigenvalue weighted by Crippen LogP contribution is 2.21. The molecule has 0 heterocycles. The molecule has 6 heteroatoms. The Bertz CT molecular complexity index is 797. The molecular formula is C19H21BrN2O3. The van der Waals surface area contributed by atoms with Crippen molar-refractivity contribution >= 4 is 39.3 Å². The van der Waals surface area contributed by atoms with Crippen LogP contribution in [0.15, 0.2) is 46.9 Å². The monoisotopic (exact) mass is 404 g/mol. The zero-order valence-electron chi connectivity index (χ0n) is 14.6. The summed E-state index contributed by atoms with van der Waals surface area (Å²) >= 11 is 3.43. The van der Waals surface area contributed by atoms with Crippen LogP contribution >= 0.6 is 15.9 Å². The highest BCUT2D eigenvalue weighted by Gasteiger charge is 2.16. The lowest BCUT2D eigenvalue weighted by molar-refractivity contribution is 0.0635. The summed E-state index contributed by atoms with van der Waals surface area (Å²) in [4.78, 5) is 24.2. The molecule has 2 aromatic rings. The lowest BCUT2D eigenvalue weighted by atomic mass is 10.1. The van der Waals surface area contributed by atoms with E-state index in [9.17, 15) is 9.59 Å². The second kappa shape index (κ2) is 7.70. The molecule has 0 bridgehead atoms. The van der Waals surface area contributed by atoms with Crippen LogP contribution in [0.4, 0.5) is 16.2 Å². The van der Waals surface area contributed by atoms with Crippen molar-refractivity contribution in [3.63, 3.8) is 0 Å². The van der Waals surface area contributed by atoms with Gasteiger partial charge < -0.3 is 10.1 Å². The van der Waals surface area contributed by atoms with E-state index in [4.69, 9.17) is 4.74 Å². The van der Waals surface area contributed by atoms with Crippen LogP contribution < -0.4 is 10.6 Å². The van der Waals surface area contributed by atoms with Crippen molar-refractivity contribution in [2.45, 2.75) is 33.3 Å². The highest BCUT2D eigenvalue weighted by molar-refractivity contribution is 9.10. The van der Waals surface area contributed by atoms with Gasteiger partial charge in [-0.05, 0) is 69.7 Å². The predicted molar refractivity (Wildman–Crippen MR) is 103 cm³/mol. The van der Waals surface area contributed by atoms with Gasteiger partial charge in [0.15, 0.2) is 0 Å². The molecule has 0 spiro atoms. The third-order valence-corrected chi connectivity index (χ3v) is 4.08. The van der Waals surface area contributed by atoms with Gasteiger partial charge in [-0.25, -0.2) is 4.79 Å². The number of halogens is 1. The van der Waals surface area contributed by atoms with Gasteiger partial charge in [-0.15, -0.1) is 0 Å². The van der Waals surface area contributed by atoms with Gasteiger partial charge in [0.1, 0.15) is 5.60 Å². The Morgan fingerprint density at radius 2 is 1.68 bits per heavy atom. The normalized spacial score (nSPS) is 10.9. The Hall–Kier alpha value is -2.34. The van der Waals surface area contributed by atoms with Crippen LogP contribution in [0.5, 0.6) is 0 Å². The van der Waals surface area contributed by atoms with Crippen LogP contribution in [-0.4, -0.2) is 17.6 Å². The van der Waals surface area contributed by atoms with Crippen molar-refractivity contribution in [1.82, 2.24) is 0 Å². The van der Waals surface area contributed by atoms with Crippen LogP contribution in [0, 0.1) is 6.92 Å². The summed E-state index contributed by atoms with van der Waals surface area (Å²) in [5.74, 6) is -0.255. The SMILES string of the molecule is Cc1cc(NC(=O)c2cccc(NC(=O)OC(C)(C)C)c2)ccc1Br. The number of carbonyl (C=O) groups excluding carboxylic acids is 2. The molecule has 0 aliphatic carbocycles. The molecular weight excluding hydrogens is 384 g/mol. The molecule has 0 radical (unpaired) electrons. The van der Waals surface area contributed by atoms with Crippen LogP contribution in [0.2, 0.25) is 0 Å². The molecule has 132 valence electrons. The Labute approximate surface area is 155 Å². The average Bonchev–Trinajstić information content (AvgIpc) is 2.49. The van der Waals surface area contributed by atoms with Crippen LogP contribution in [-0.2, 0) is 4.74 Å². The molecule has 2 N–H and O–H groups in total. The summed E-state index contributed by atoms with van der Waals surface area (Å²) in [7, 11) is 0. The van der Waals surface area contributed by atoms with Crippen molar-refractivity contribution < 1.29 is 14.3 Å². The maximum Gasteiger partial charge on any atom is 0.412 e. The Morgan fingerprint density at radius 1 is 1.00 bits per heavy atom. The van der Waals surface area contributed by atoms with E-state index in [-0.39, 0.29) is 5.91 Å². The third-order valence-electron chi connectivity index (χ3n) is 3.19. The molecule has 0 atom stereocenters. The number of ether oxygens (including phenoxy) is 1. The molecule has 0 aromatic heterocycles. The molecule has 5 nitrogen and oxygen atoms in total. The number of carbonyl (C=O) groups is 2. The second-order valence-corrected chi connectivity index (χ2v) is 7.48. The molecule has 0 aliphatic rings. The number of nitrogens with one attached hydrogen (secondary N) is 2. The minimum atomic E-state index is -0.585. The topological polar surface area (TPSA) is 67.4 Å². The maximum absolute atomic E-state index is 12.4. The molecule has 0 saturated carbocycles. The fourth-order valence-corrected chi connectivity index (χ4v) is 2.33. The first kappa shape index (κ1) is 19.0. The number of hydrogen-bond donors (Lipinski definition) is 2. The first-order valence-electron chi connectivity index (χ1n) is 7.81. The quantitative estimate of drug-likeness (QED) is 0.723. The Balaban J connectivity index is 2.08. The Kier molecular flexibility index (Phi) is 5.85. The fraction of sp³-hybridized carbons (Fsp3) is 0.263. The van der Waals surface area contributed by atoms with Crippen LogP contribution in [0.3, 0.4) is 0 Å². The van der Waals surface area contributed by atoms with Crippen LogP contribution in [0.25, 0.3) is 0 Å². The van der Waals surface area contributed by atoms with E-state index < -0.39 is 11.7 Å². The molecule has 0 aliphatic heterocycles. The van der Waals surface area contributed by atoms with Crippen LogP contribution in [0.1, 0.15) is 36.7 Å². The summed E-state index contributed by atoms with van der Waals surface area (Å²) in [6, 6.07) is 12.3. The minimum Gasteiger partial charge on any atom is -0.444 e. The molecule has 0 unspecified atom stereocenters. The van der Waals surface area contributed by atoms with E-state index in [1.54, 1.807) is 45.0 Å². The standard InChI is InChI=1S/C19H21BrN2O3/c1-12-10-15(8-9-16(12)20)21-17(23)13-6-5-7-14(11-13)22-18(24)25-19(2,3)4/h5-11H,1-4H3,(H,21,23)(H,22,24). The van der Waals surface area contributed by atoms with Gasteiger partial charge in [-0.3, -0.25) is 10.1 Å². The number of rotatable bonds is 3. The maximum atomic E-state index is 12.4. The summed E-state index contributed by atoms with van der Waals surface area (Å²) in [5.41, 5.74) is 2.08. The van der Waals surface area contributed by atoms with E-state index in [0.717, 1.165) is 10.0 Å². The van der Waals surface area contributed by atoms with Crippen molar-refractivity contribution in [3.8, 4) is 0 Å². The highest BCUT2D eigenvalue weighted by atomic mass is 79.9. The number of amides is 2. The molecule has 25 heavy (non-hydrogen) atoms. The number of hydrogen-bond acceptors (Lipinski definition) is 3. The Morgan fingerprint density at radius 3 is 2.32 bits per heavy atom. The van der Waals surface area contributed by atoms with Gasteiger partial charge in [0.05, 0.1) is 0 Å². The zero-order chi connectivity index (χ0) is 18.6. The average molecular weight is 405 g/mol. The van der Waals surface area contributed by atoms with Gasteiger partial charge in [0.2, 0.25) is 0 Å². The van der Waals surface area contributed by atoms with Crippen molar-refractivity contribution in [2.75, 3.05) is 10.6 Å². The van der Waals surface area contributed by atoms with Gasteiger partial charge >= 0.3 is 6.09 Å². The number of anilines is 2. The van der Waals surface area contributed by atoms with E-state index in [2.05, 4.69) is 26.6 Å². The largest absolute Gasteiger partial charge is 0.444 e. The second-order valence-electron chi connectivity index (χ2n) is 6.63. The van der Waals surface area contributed by atoms with E-state index >= 15 is 0 Å². The first-order valence-corrected chi connectivity index (χ1v) is 8.61.